The van der Waals surface area contributed by atoms with Crippen molar-refractivity contribution in [2.75, 3.05) is 18.0 Å². The fourth-order valence-corrected chi connectivity index (χ4v) is 6.95. The van der Waals surface area contributed by atoms with Crippen LogP contribution in [0, 0.1) is 13.8 Å². The summed E-state index contributed by atoms with van der Waals surface area (Å²) in [4.78, 5) is 20.5. The molecule has 194 valence electrons. The maximum absolute atomic E-state index is 13.8. The zero-order valence-corrected chi connectivity index (χ0v) is 23.4. The molecule has 0 saturated carbocycles. The Morgan fingerprint density at radius 3 is 2.32 bits per heavy atom. The molecule has 0 radical (unpaired) electrons. The summed E-state index contributed by atoms with van der Waals surface area (Å²) in [5.74, 6) is -0.223. The van der Waals surface area contributed by atoms with Crippen molar-refractivity contribution in [3.8, 4) is 0 Å². The van der Waals surface area contributed by atoms with Crippen LogP contribution in [0.25, 0.3) is 10.2 Å². The van der Waals surface area contributed by atoms with Gasteiger partial charge in [-0.3, -0.25) is 9.69 Å². The van der Waals surface area contributed by atoms with E-state index in [-0.39, 0.29) is 10.8 Å². The molecular formula is C29H33N3O3S2. The van der Waals surface area contributed by atoms with Crippen molar-refractivity contribution in [1.29, 1.82) is 0 Å². The minimum absolute atomic E-state index is 0.197. The van der Waals surface area contributed by atoms with Crippen LogP contribution in [0.2, 0.25) is 0 Å². The number of hydrogen-bond acceptors (Lipinski definition) is 5. The van der Waals surface area contributed by atoms with Gasteiger partial charge in [0.2, 0.25) is 10.0 Å². The Bertz CT molecular complexity index is 1480. The van der Waals surface area contributed by atoms with E-state index in [2.05, 4.69) is 19.1 Å². The summed E-state index contributed by atoms with van der Waals surface area (Å²) in [6.07, 6.45) is 1.72. The predicted molar refractivity (Wildman–Crippen MR) is 152 cm³/mol. The second kappa shape index (κ2) is 11.5. The smallest absolute Gasteiger partial charge is 0.260 e. The minimum Gasteiger partial charge on any atom is -0.279 e. The van der Waals surface area contributed by atoms with Gasteiger partial charge in [0.15, 0.2) is 5.13 Å². The van der Waals surface area contributed by atoms with Gasteiger partial charge in [-0.1, -0.05) is 68.0 Å². The van der Waals surface area contributed by atoms with Crippen LogP contribution < -0.4 is 4.90 Å². The van der Waals surface area contributed by atoms with Crippen molar-refractivity contribution in [2.45, 2.75) is 52.0 Å². The van der Waals surface area contributed by atoms with Crippen molar-refractivity contribution < 1.29 is 13.2 Å². The molecule has 0 atom stereocenters. The number of hydrogen-bond donors (Lipinski definition) is 0. The molecule has 0 spiro atoms. The summed E-state index contributed by atoms with van der Waals surface area (Å²) >= 11 is 1.49. The van der Waals surface area contributed by atoms with Gasteiger partial charge in [-0.25, -0.2) is 13.4 Å². The van der Waals surface area contributed by atoms with E-state index in [1.165, 1.54) is 27.8 Å². The van der Waals surface area contributed by atoms with Crippen LogP contribution in [0.15, 0.2) is 71.6 Å². The van der Waals surface area contributed by atoms with E-state index in [1.807, 2.05) is 51.1 Å². The maximum atomic E-state index is 13.8. The number of carbonyl (C=O) groups excluding carboxylic acids is 1. The van der Waals surface area contributed by atoms with E-state index in [0.29, 0.717) is 30.3 Å². The molecular weight excluding hydrogens is 502 g/mol. The lowest BCUT2D eigenvalue weighted by Crippen LogP contribution is -2.32. The summed E-state index contributed by atoms with van der Waals surface area (Å²) in [5.41, 5.74) is 4.51. The van der Waals surface area contributed by atoms with Gasteiger partial charge in [0, 0.05) is 18.7 Å². The number of rotatable bonds is 10. The van der Waals surface area contributed by atoms with E-state index in [0.717, 1.165) is 39.7 Å². The summed E-state index contributed by atoms with van der Waals surface area (Å²) in [6.45, 7) is 9.21. The van der Waals surface area contributed by atoms with Crippen molar-refractivity contribution >= 4 is 42.6 Å². The monoisotopic (exact) mass is 535 g/mol. The molecule has 1 amide bonds. The highest BCUT2D eigenvalue weighted by atomic mass is 32.2. The first-order chi connectivity index (χ1) is 17.7. The summed E-state index contributed by atoms with van der Waals surface area (Å²) < 4.78 is 28.8. The fraction of sp³-hybridized carbons (Fsp3) is 0.310. The molecule has 0 saturated heterocycles. The van der Waals surface area contributed by atoms with Crippen molar-refractivity contribution in [2.24, 2.45) is 0 Å². The van der Waals surface area contributed by atoms with Gasteiger partial charge in [-0.05, 0) is 67.3 Å². The zero-order chi connectivity index (χ0) is 26.6. The molecule has 0 N–H and O–H groups in total. The Morgan fingerprint density at radius 2 is 1.68 bits per heavy atom. The quantitative estimate of drug-likeness (QED) is 0.230. The number of sulfonamides is 1. The van der Waals surface area contributed by atoms with Gasteiger partial charge in [-0.15, -0.1) is 0 Å². The lowest BCUT2D eigenvalue weighted by Gasteiger charge is -2.22. The van der Waals surface area contributed by atoms with Crippen LogP contribution >= 0.6 is 11.3 Å². The van der Waals surface area contributed by atoms with Crippen LogP contribution in [-0.4, -0.2) is 36.7 Å². The third kappa shape index (κ3) is 5.92. The molecule has 3 aromatic carbocycles. The van der Waals surface area contributed by atoms with E-state index >= 15 is 0 Å². The normalized spacial score (nSPS) is 11.8. The highest BCUT2D eigenvalue weighted by Crippen LogP contribution is 2.33. The molecule has 0 aliphatic rings. The number of aryl methyl sites for hydroxylation is 2. The second-order valence-corrected chi connectivity index (χ2v) is 12.1. The average Bonchev–Trinajstić information content (AvgIpc) is 3.32. The fourth-order valence-electron chi connectivity index (χ4n) is 4.32. The second-order valence-electron chi connectivity index (χ2n) is 9.18. The Morgan fingerprint density at radius 1 is 0.973 bits per heavy atom. The number of fused-ring (bicyclic) bond motifs is 1. The molecule has 8 heteroatoms. The topological polar surface area (TPSA) is 70.6 Å². The van der Waals surface area contributed by atoms with Crippen LogP contribution in [0.1, 0.15) is 53.7 Å². The molecule has 4 aromatic rings. The van der Waals surface area contributed by atoms with Gasteiger partial charge in [0.1, 0.15) is 0 Å². The number of anilines is 1. The third-order valence-corrected chi connectivity index (χ3v) is 9.34. The van der Waals surface area contributed by atoms with E-state index in [4.69, 9.17) is 4.98 Å². The summed E-state index contributed by atoms with van der Waals surface area (Å²) in [7, 11) is -3.61. The molecule has 0 aliphatic heterocycles. The number of unbranched alkanes of at least 4 members (excludes halogenated alkanes) is 1. The molecule has 0 bridgehead atoms. The van der Waals surface area contributed by atoms with Crippen LogP contribution in [0.4, 0.5) is 5.13 Å². The van der Waals surface area contributed by atoms with Crippen molar-refractivity contribution in [3.63, 3.8) is 0 Å². The van der Waals surface area contributed by atoms with Crippen LogP contribution in [-0.2, 0) is 16.6 Å². The number of benzene rings is 3. The SMILES string of the molecule is CCCCN(CC)S(=O)(=O)c1ccc(C(=O)N(Cc2ccccc2)c2nc3c(C)cc(C)cc3s2)cc1. The standard InChI is InChI=1S/C29H33N3O3S2/c1-5-7-17-31(6-2)37(34,35)25-15-13-24(14-16-25)28(33)32(20-23-11-9-8-10-12-23)29-30-27-22(4)18-21(3)19-26(27)36-29/h8-16,18-19H,5-7,17,20H2,1-4H3. The van der Waals surface area contributed by atoms with Gasteiger partial charge in [0.25, 0.3) is 5.91 Å². The van der Waals surface area contributed by atoms with Gasteiger partial charge in [0.05, 0.1) is 21.7 Å². The summed E-state index contributed by atoms with van der Waals surface area (Å²) in [6, 6.07) is 20.2. The molecule has 1 heterocycles. The molecule has 0 aliphatic carbocycles. The molecule has 1 aromatic heterocycles. The van der Waals surface area contributed by atoms with E-state index in [9.17, 15) is 13.2 Å². The van der Waals surface area contributed by atoms with Crippen LogP contribution in [0.5, 0.6) is 0 Å². The lowest BCUT2D eigenvalue weighted by molar-refractivity contribution is 0.0985. The summed E-state index contributed by atoms with van der Waals surface area (Å²) in [5, 5.41) is 0.617. The van der Waals surface area contributed by atoms with E-state index in [1.54, 1.807) is 17.0 Å². The zero-order valence-electron chi connectivity index (χ0n) is 21.8. The van der Waals surface area contributed by atoms with Gasteiger partial charge < -0.3 is 0 Å². The van der Waals surface area contributed by atoms with Crippen molar-refractivity contribution in [3.05, 3.63) is 89.0 Å². The average molecular weight is 536 g/mol. The highest BCUT2D eigenvalue weighted by molar-refractivity contribution is 7.89. The number of nitrogens with zero attached hydrogens (tertiary/aromatic N) is 3. The molecule has 0 fully saturated rings. The highest BCUT2D eigenvalue weighted by Gasteiger charge is 2.25. The van der Waals surface area contributed by atoms with Gasteiger partial charge >= 0.3 is 0 Å². The van der Waals surface area contributed by atoms with Crippen LogP contribution in [0.3, 0.4) is 0 Å². The van der Waals surface area contributed by atoms with E-state index < -0.39 is 10.0 Å². The molecule has 4 rings (SSSR count). The number of amides is 1. The molecule has 6 nitrogen and oxygen atoms in total. The van der Waals surface area contributed by atoms with Gasteiger partial charge in [-0.2, -0.15) is 4.31 Å². The first kappa shape index (κ1) is 27.0. The Labute approximate surface area is 223 Å². The van der Waals surface area contributed by atoms with Crippen molar-refractivity contribution in [1.82, 2.24) is 9.29 Å². The molecule has 37 heavy (non-hydrogen) atoms. The maximum Gasteiger partial charge on any atom is 0.260 e. The Balaban J connectivity index is 1.69. The number of carbonyl (C=O) groups is 1. The Hall–Kier alpha value is -3.07. The Kier molecular flexibility index (Phi) is 8.42. The molecule has 0 unspecified atom stereocenters. The lowest BCUT2D eigenvalue weighted by atomic mass is 10.1. The number of thiazole rings is 1. The largest absolute Gasteiger partial charge is 0.279 e. The first-order valence-electron chi connectivity index (χ1n) is 12.6. The third-order valence-electron chi connectivity index (χ3n) is 6.33. The predicted octanol–water partition coefficient (Wildman–Crippen LogP) is 6.57. The minimum atomic E-state index is -3.61. The first-order valence-corrected chi connectivity index (χ1v) is 14.8. The number of aromatic nitrogens is 1.